The van der Waals surface area contributed by atoms with Gasteiger partial charge in [0.25, 0.3) is 0 Å². The molecule has 0 aliphatic rings. The fourth-order valence-corrected chi connectivity index (χ4v) is 4.27. The third-order valence-electron chi connectivity index (χ3n) is 6.44. The van der Waals surface area contributed by atoms with Crippen molar-refractivity contribution in [3.05, 3.63) is 71.8 Å². The van der Waals surface area contributed by atoms with Gasteiger partial charge in [-0.1, -0.05) is 60.4 Å². The fourth-order valence-electron chi connectivity index (χ4n) is 4.27. The number of hydrogen-bond donors (Lipinski definition) is 5. The molecule has 2 rings (SSSR count). The minimum Gasteiger partial charge on any atom is -0.480 e. The molecule has 0 fully saturated rings. The number of carbonyl (C=O) groups is 5. The molecule has 0 bridgehead atoms. The van der Waals surface area contributed by atoms with E-state index < -0.39 is 59.3 Å². The molecule has 4 amide bonds. The summed E-state index contributed by atoms with van der Waals surface area (Å²) in [4.78, 5) is 63.7. The maximum atomic E-state index is 13.6. The van der Waals surface area contributed by atoms with Crippen LogP contribution in [0.3, 0.4) is 0 Å². The first kappa shape index (κ1) is 39.1. The van der Waals surface area contributed by atoms with Crippen LogP contribution in [0.25, 0.3) is 0 Å². The number of ether oxygens (including phenoxy) is 2. The number of nitrogens with one attached hydrogen (secondary N) is 4. The zero-order valence-electron chi connectivity index (χ0n) is 28.6. The van der Waals surface area contributed by atoms with Crippen LogP contribution in [0, 0.1) is 11.8 Å². The molecular formula is C36H48N4O8. The van der Waals surface area contributed by atoms with Gasteiger partial charge in [-0.15, -0.1) is 0 Å². The van der Waals surface area contributed by atoms with Crippen molar-refractivity contribution in [3.63, 3.8) is 0 Å². The average molecular weight is 665 g/mol. The molecule has 0 heterocycles. The Bertz CT molecular complexity index is 1420. The molecule has 3 atom stereocenters. The van der Waals surface area contributed by atoms with Crippen LogP contribution in [0.2, 0.25) is 0 Å². The molecule has 2 aromatic rings. The van der Waals surface area contributed by atoms with Crippen LogP contribution in [-0.4, -0.2) is 70.9 Å². The van der Waals surface area contributed by atoms with E-state index in [1.807, 2.05) is 24.3 Å². The number of unbranched alkanes of at least 4 members (excludes halogenated alkanes) is 1. The van der Waals surface area contributed by atoms with Crippen molar-refractivity contribution in [2.24, 2.45) is 0 Å². The minimum absolute atomic E-state index is 0.0737. The number of carbonyl (C=O) groups excluding carboxylic acids is 4. The van der Waals surface area contributed by atoms with Gasteiger partial charge in [0.2, 0.25) is 11.8 Å². The first-order valence-electron chi connectivity index (χ1n) is 15.9. The lowest BCUT2D eigenvalue weighted by Crippen LogP contribution is -2.56. The van der Waals surface area contributed by atoms with E-state index in [9.17, 15) is 29.1 Å². The molecule has 0 spiro atoms. The second kappa shape index (κ2) is 18.9. The van der Waals surface area contributed by atoms with Crippen LogP contribution in [0.15, 0.2) is 60.7 Å². The van der Waals surface area contributed by atoms with Crippen LogP contribution in [0.4, 0.5) is 9.59 Å². The number of aliphatic carboxylic acids is 1. The van der Waals surface area contributed by atoms with Crippen LogP contribution < -0.4 is 21.3 Å². The summed E-state index contributed by atoms with van der Waals surface area (Å²) in [5.41, 5.74) is -0.0102. The molecule has 5 N–H and O–H groups in total. The number of benzene rings is 2. The Kier molecular flexibility index (Phi) is 15.4. The lowest BCUT2D eigenvalue weighted by atomic mass is 10.0. The Morgan fingerprint density at radius 1 is 0.708 bits per heavy atom. The van der Waals surface area contributed by atoms with Gasteiger partial charge in [-0.3, -0.25) is 9.59 Å². The largest absolute Gasteiger partial charge is 0.480 e. The van der Waals surface area contributed by atoms with E-state index in [-0.39, 0.29) is 25.8 Å². The summed E-state index contributed by atoms with van der Waals surface area (Å²) in [5, 5.41) is 20.2. The summed E-state index contributed by atoms with van der Waals surface area (Å²) in [6.45, 7) is 10.6. The van der Waals surface area contributed by atoms with Crippen molar-refractivity contribution < 1.29 is 38.6 Å². The molecule has 48 heavy (non-hydrogen) atoms. The van der Waals surface area contributed by atoms with E-state index >= 15 is 0 Å². The third kappa shape index (κ3) is 16.5. The summed E-state index contributed by atoms with van der Waals surface area (Å²) in [6, 6.07) is 14.4. The Morgan fingerprint density at radius 3 is 1.83 bits per heavy atom. The lowest BCUT2D eigenvalue weighted by molar-refractivity contribution is -0.142. The molecule has 0 radical (unpaired) electrons. The summed E-state index contributed by atoms with van der Waals surface area (Å²) >= 11 is 0. The van der Waals surface area contributed by atoms with Gasteiger partial charge in [0.05, 0.1) is 0 Å². The first-order valence-corrected chi connectivity index (χ1v) is 15.9. The monoisotopic (exact) mass is 664 g/mol. The molecule has 0 aliphatic heterocycles. The predicted molar refractivity (Wildman–Crippen MR) is 181 cm³/mol. The van der Waals surface area contributed by atoms with E-state index in [4.69, 9.17) is 9.47 Å². The van der Waals surface area contributed by atoms with Gasteiger partial charge in [-0.25, -0.2) is 14.4 Å². The summed E-state index contributed by atoms with van der Waals surface area (Å²) in [5.74, 6) is 3.17. The van der Waals surface area contributed by atoms with Crippen LogP contribution >= 0.6 is 0 Å². The maximum Gasteiger partial charge on any atom is 0.408 e. The maximum absolute atomic E-state index is 13.6. The van der Waals surface area contributed by atoms with Crippen molar-refractivity contribution in [2.45, 2.75) is 103 Å². The Labute approximate surface area is 282 Å². The normalized spacial score (nSPS) is 13.0. The summed E-state index contributed by atoms with van der Waals surface area (Å²) in [6.07, 6.45) is -0.531. The lowest BCUT2D eigenvalue weighted by Gasteiger charge is -2.25. The molecule has 12 heteroatoms. The fraction of sp³-hybridized carbons (Fsp3) is 0.472. The Balaban J connectivity index is 2.18. The molecule has 0 aliphatic carbocycles. The topological polar surface area (TPSA) is 172 Å². The summed E-state index contributed by atoms with van der Waals surface area (Å²) < 4.78 is 10.6. The number of rotatable bonds is 14. The number of amides is 4. The van der Waals surface area contributed by atoms with Crippen LogP contribution in [0.5, 0.6) is 0 Å². The molecule has 0 unspecified atom stereocenters. The molecule has 0 saturated heterocycles. The standard InChI is InChI=1S/C36H48N4O8/c1-35(2,3)47-33(45)37-23-14-13-21-28(32(43)44)39-30(41)27(22-15-20-25-16-9-7-10-17-25)38-31(42)29(24-26-18-11-8-12-19-26)40-34(46)48-36(4,5)6/h7-12,16-19,27-29H,13-14,21-24H2,1-6H3,(H,37,45)(H,38,42)(H,39,41)(H,40,46)(H,43,44)/t27-,28-,29-/m1/s1. The van der Waals surface area contributed by atoms with Gasteiger partial charge >= 0.3 is 18.2 Å². The minimum atomic E-state index is -1.26. The van der Waals surface area contributed by atoms with E-state index in [1.165, 1.54) is 0 Å². The van der Waals surface area contributed by atoms with Crippen molar-refractivity contribution in [2.75, 3.05) is 6.54 Å². The molecule has 2 aromatic carbocycles. The second-order valence-electron chi connectivity index (χ2n) is 13.1. The summed E-state index contributed by atoms with van der Waals surface area (Å²) in [7, 11) is 0. The smallest absolute Gasteiger partial charge is 0.408 e. The Morgan fingerprint density at radius 2 is 1.25 bits per heavy atom. The molecule has 0 aromatic heterocycles. The first-order chi connectivity index (χ1) is 22.5. The SMILES string of the molecule is CC(C)(C)OC(=O)NCCCC[C@@H](NC(=O)[C@@H](CC#Cc1ccccc1)NC(=O)[C@@H](Cc1ccccc1)NC(=O)OC(C)(C)C)C(=O)O. The molecule has 0 saturated carbocycles. The number of alkyl carbamates (subject to hydrolysis) is 2. The van der Waals surface area contributed by atoms with E-state index in [1.54, 1.807) is 77.9 Å². The van der Waals surface area contributed by atoms with Crippen molar-refractivity contribution in [3.8, 4) is 11.8 Å². The van der Waals surface area contributed by atoms with E-state index in [0.717, 1.165) is 5.56 Å². The van der Waals surface area contributed by atoms with Gasteiger partial charge in [0.15, 0.2) is 0 Å². The van der Waals surface area contributed by atoms with E-state index in [0.29, 0.717) is 18.4 Å². The predicted octanol–water partition coefficient (Wildman–Crippen LogP) is 4.31. The zero-order chi connectivity index (χ0) is 35.7. The van der Waals surface area contributed by atoms with Crippen LogP contribution in [-0.2, 0) is 30.3 Å². The van der Waals surface area contributed by atoms with Crippen molar-refractivity contribution in [1.82, 2.24) is 21.3 Å². The van der Waals surface area contributed by atoms with Crippen molar-refractivity contribution in [1.29, 1.82) is 0 Å². The highest BCUT2D eigenvalue weighted by molar-refractivity contribution is 5.93. The Hall–Kier alpha value is -5.05. The molecule has 260 valence electrons. The molecular weight excluding hydrogens is 616 g/mol. The highest BCUT2D eigenvalue weighted by atomic mass is 16.6. The quantitative estimate of drug-likeness (QED) is 0.147. The molecule has 12 nitrogen and oxygen atoms in total. The van der Waals surface area contributed by atoms with Gasteiger partial charge < -0.3 is 35.8 Å². The second-order valence-corrected chi connectivity index (χ2v) is 13.1. The highest BCUT2D eigenvalue weighted by Crippen LogP contribution is 2.10. The average Bonchev–Trinajstić information content (AvgIpc) is 2.98. The van der Waals surface area contributed by atoms with E-state index in [2.05, 4.69) is 33.1 Å². The van der Waals surface area contributed by atoms with Gasteiger partial charge in [-0.05, 0) is 78.5 Å². The number of carboxylic acid groups (broad SMARTS) is 1. The third-order valence-corrected chi connectivity index (χ3v) is 6.44. The number of carboxylic acids is 1. The van der Waals surface area contributed by atoms with Gasteiger partial charge in [-0.2, -0.15) is 0 Å². The highest BCUT2D eigenvalue weighted by Gasteiger charge is 2.30. The van der Waals surface area contributed by atoms with Gasteiger partial charge in [0.1, 0.15) is 29.3 Å². The van der Waals surface area contributed by atoms with Crippen molar-refractivity contribution >= 4 is 30.0 Å². The number of hydrogen-bond acceptors (Lipinski definition) is 7. The zero-order valence-corrected chi connectivity index (χ0v) is 28.6. The van der Waals surface area contributed by atoms with Crippen LogP contribution in [0.1, 0.15) is 78.4 Å². The van der Waals surface area contributed by atoms with Gasteiger partial charge in [0, 0.05) is 24.9 Å².